The molecule has 0 saturated heterocycles. The Hall–Kier alpha value is -2.30. The Labute approximate surface area is 127 Å². The average molecular weight is 301 g/mol. The highest BCUT2D eigenvalue weighted by Gasteiger charge is 2.10. The molecule has 114 valence electrons. The summed E-state index contributed by atoms with van der Waals surface area (Å²) in [5.74, 6) is 0.145. The molecule has 3 rings (SSSR count). The Morgan fingerprint density at radius 1 is 1.05 bits per heavy atom. The number of aromatic nitrogens is 3. The van der Waals surface area contributed by atoms with Crippen LogP contribution in [0.4, 0.5) is 8.78 Å². The third-order valence-electron chi connectivity index (χ3n) is 3.70. The van der Waals surface area contributed by atoms with Crippen LogP contribution >= 0.6 is 0 Å². The maximum atomic E-state index is 13.7. The van der Waals surface area contributed by atoms with E-state index in [0.29, 0.717) is 18.4 Å². The van der Waals surface area contributed by atoms with Gasteiger partial charge in [-0.3, -0.25) is 4.40 Å². The molecule has 5 heteroatoms. The summed E-state index contributed by atoms with van der Waals surface area (Å²) in [5.41, 5.74) is 2.40. The van der Waals surface area contributed by atoms with Crippen molar-refractivity contribution in [3.05, 3.63) is 65.1 Å². The van der Waals surface area contributed by atoms with Crippen LogP contribution < -0.4 is 0 Å². The van der Waals surface area contributed by atoms with E-state index in [-0.39, 0.29) is 5.92 Å². The number of fused-ring (bicyclic) bond motifs is 1. The highest BCUT2D eigenvalue weighted by atomic mass is 19.1. The van der Waals surface area contributed by atoms with Crippen LogP contribution in [-0.2, 0) is 12.8 Å². The minimum absolute atomic E-state index is 0.278. The van der Waals surface area contributed by atoms with Crippen molar-refractivity contribution in [1.82, 2.24) is 14.6 Å². The lowest BCUT2D eigenvalue weighted by Gasteiger charge is -2.07. The van der Waals surface area contributed by atoms with E-state index >= 15 is 0 Å². The average Bonchev–Trinajstić information content (AvgIpc) is 2.89. The van der Waals surface area contributed by atoms with Gasteiger partial charge in [-0.15, -0.1) is 10.2 Å². The van der Waals surface area contributed by atoms with E-state index in [9.17, 15) is 8.78 Å². The molecule has 0 aliphatic rings. The first-order chi connectivity index (χ1) is 10.5. The van der Waals surface area contributed by atoms with E-state index in [1.807, 2.05) is 22.7 Å². The van der Waals surface area contributed by atoms with Gasteiger partial charge in [-0.25, -0.2) is 8.78 Å². The van der Waals surface area contributed by atoms with Crippen LogP contribution in [0.15, 0.2) is 36.5 Å². The van der Waals surface area contributed by atoms with Crippen LogP contribution in [0.1, 0.15) is 36.7 Å². The maximum absolute atomic E-state index is 13.7. The first-order valence-electron chi connectivity index (χ1n) is 7.32. The Morgan fingerprint density at radius 3 is 2.59 bits per heavy atom. The molecular weight excluding hydrogens is 284 g/mol. The minimum atomic E-state index is -0.547. The molecule has 0 bridgehead atoms. The predicted molar refractivity (Wildman–Crippen MR) is 80.8 cm³/mol. The minimum Gasteiger partial charge on any atom is -0.286 e. The lowest BCUT2D eigenvalue weighted by molar-refractivity contribution is 0.571. The monoisotopic (exact) mass is 301 g/mol. The maximum Gasteiger partial charge on any atom is 0.160 e. The second kappa shape index (κ2) is 5.83. The van der Waals surface area contributed by atoms with Crippen LogP contribution in [0, 0.1) is 11.6 Å². The molecule has 0 radical (unpaired) electrons. The van der Waals surface area contributed by atoms with Crippen molar-refractivity contribution in [1.29, 1.82) is 0 Å². The summed E-state index contributed by atoms with van der Waals surface area (Å²) >= 11 is 0. The van der Waals surface area contributed by atoms with E-state index in [1.165, 1.54) is 12.1 Å². The van der Waals surface area contributed by atoms with E-state index in [0.717, 1.165) is 23.1 Å². The zero-order chi connectivity index (χ0) is 15.7. The number of nitrogens with zero attached hydrogens (tertiary/aromatic N) is 3. The highest BCUT2D eigenvalue weighted by molar-refractivity contribution is 5.40. The molecule has 2 aromatic heterocycles. The Bertz CT molecular complexity index is 809. The van der Waals surface area contributed by atoms with Crippen molar-refractivity contribution < 1.29 is 8.78 Å². The number of hydrogen-bond acceptors (Lipinski definition) is 2. The number of aryl methyl sites for hydroxylation is 2. The molecule has 1 aromatic carbocycles. The second-order valence-electron chi connectivity index (χ2n) is 5.71. The number of benzene rings is 1. The van der Waals surface area contributed by atoms with Crippen molar-refractivity contribution in [2.24, 2.45) is 0 Å². The molecule has 2 heterocycles. The summed E-state index contributed by atoms with van der Waals surface area (Å²) in [6, 6.07) is 7.60. The van der Waals surface area contributed by atoms with Gasteiger partial charge in [0.15, 0.2) is 5.65 Å². The molecule has 22 heavy (non-hydrogen) atoms. The summed E-state index contributed by atoms with van der Waals surface area (Å²) in [6.45, 7) is 4.13. The smallest absolute Gasteiger partial charge is 0.160 e. The van der Waals surface area contributed by atoms with Crippen LogP contribution in [-0.4, -0.2) is 14.6 Å². The lowest BCUT2D eigenvalue weighted by atomic mass is 10.1. The van der Waals surface area contributed by atoms with Gasteiger partial charge in [0.05, 0.1) is 0 Å². The standard InChI is InChI=1S/C17H17F2N3/c1-11(2)17-21-20-16-8-4-12(10-22(16)17)3-5-13-6-7-14(18)9-15(13)19/h4,6-11H,3,5H2,1-2H3. The zero-order valence-electron chi connectivity index (χ0n) is 12.6. The molecule has 0 aliphatic carbocycles. The molecule has 0 N–H and O–H groups in total. The van der Waals surface area contributed by atoms with Crippen LogP contribution in [0.3, 0.4) is 0 Å². The van der Waals surface area contributed by atoms with Crippen molar-refractivity contribution in [3.63, 3.8) is 0 Å². The molecular formula is C17H17F2N3. The fourth-order valence-electron chi connectivity index (χ4n) is 2.50. The van der Waals surface area contributed by atoms with E-state index in [4.69, 9.17) is 0 Å². The van der Waals surface area contributed by atoms with Gasteiger partial charge < -0.3 is 0 Å². The highest BCUT2D eigenvalue weighted by Crippen LogP contribution is 2.17. The predicted octanol–water partition coefficient (Wildman–Crippen LogP) is 3.92. The molecule has 0 spiro atoms. The second-order valence-corrected chi connectivity index (χ2v) is 5.71. The summed E-state index contributed by atoms with van der Waals surface area (Å²) < 4.78 is 28.5. The Kier molecular flexibility index (Phi) is 3.88. The quantitative estimate of drug-likeness (QED) is 0.731. The van der Waals surface area contributed by atoms with Crippen LogP contribution in [0.25, 0.3) is 5.65 Å². The van der Waals surface area contributed by atoms with Crippen LogP contribution in [0.5, 0.6) is 0 Å². The summed E-state index contributed by atoms with van der Waals surface area (Å²) in [6.07, 6.45) is 3.19. The topological polar surface area (TPSA) is 30.2 Å². The number of hydrogen-bond donors (Lipinski definition) is 0. The largest absolute Gasteiger partial charge is 0.286 e. The normalized spacial score (nSPS) is 11.5. The molecule has 0 atom stereocenters. The molecule has 0 unspecified atom stereocenters. The van der Waals surface area contributed by atoms with Gasteiger partial charge in [0.1, 0.15) is 17.5 Å². The van der Waals surface area contributed by atoms with Crippen molar-refractivity contribution in [3.8, 4) is 0 Å². The van der Waals surface area contributed by atoms with Gasteiger partial charge in [0.2, 0.25) is 0 Å². The van der Waals surface area contributed by atoms with Gasteiger partial charge in [-0.2, -0.15) is 0 Å². The van der Waals surface area contributed by atoms with E-state index in [2.05, 4.69) is 24.0 Å². The Morgan fingerprint density at radius 2 is 1.86 bits per heavy atom. The van der Waals surface area contributed by atoms with Crippen LogP contribution in [0.2, 0.25) is 0 Å². The number of rotatable bonds is 4. The lowest BCUT2D eigenvalue weighted by Crippen LogP contribution is -2.00. The fraction of sp³-hybridized carbons (Fsp3) is 0.294. The molecule has 0 fully saturated rings. The van der Waals surface area contributed by atoms with E-state index < -0.39 is 11.6 Å². The third-order valence-corrected chi connectivity index (χ3v) is 3.70. The fourth-order valence-corrected chi connectivity index (χ4v) is 2.50. The molecule has 0 amide bonds. The third kappa shape index (κ3) is 2.84. The Balaban J connectivity index is 1.83. The van der Waals surface area contributed by atoms with Crippen molar-refractivity contribution in [2.45, 2.75) is 32.6 Å². The summed E-state index contributed by atoms with van der Waals surface area (Å²) in [4.78, 5) is 0. The van der Waals surface area contributed by atoms with Gasteiger partial charge >= 0.3 is 0 Å². The first kappa shape index (κ1) is 14.6. The van der Waals surface area contributed by atoms with Crippen molar-refractivity contribution in [2.75, 3.05) is 0 Å². The van der Waals surface area contributed by atoms with E-state index in [1.54, 1.807) is 0 Å². The molecule has 3 nitrogen and oxygen atoms in total. The van der Waals surface area contributed by atoms with Gasteiger partial charge in [-0.05, 0) is 36.1 Å². The van der Waals surface area contributed by atoms with Gasteiger partial charge in [0.25, 0.3) is 0 Å². The summed E-state index contributed by atoms with van der Waals surface area (Å²) in [7, 11) is 0. The van der Waals surface area contributed by atoms with Gasteiger partial charge in [-0.1, -0.05) is 26.0 Å². The molecule has 0 saturated carbocycles. The summed E-state index contributed by atoms with van der Waals surface area (Å²) in [5, 5.41) is 8.32. The van der Waals surface area contributed by atoms with Gasteiger partial charge in [0, 0.05) is 18.2 Å². The number of pyridine rings is 1. The first-order valence-corrected chi connectivity index (χ1v) is 7.32. The SMILES string of the molecule is CC(C)c1nnc2ccc(CCc3ccc(F)cc3F)cn12. The zero-order valence-corrected chi connectivity index (χ0v) is 12.6. The molecule has 3 aromatic rings. The number of halogens is 2. The van der Waals surface area contributed by atoms with Crippen molar-refractivity contribution >= 4 is 5.65 Å². The molecule has 0 aliphatic heterocycles.